The molecule has 0 fully saturated rings. The topological polar surface area (TPSA) is 52.7 Å². The van der Waals surface area contributed by atoms with Crippen LogP contribution in [0.25, 0.3) is 21.9 Å². The Balaban J connectivity index is 1.84. The van der Waals surface area contributed by atoms with Crippen molar-refractivity contribution in [2.75, 3.05) is 0 Å². The first-order valence-corrected chi connectivity index (χ1v) is 7.86. The van der Waals surface area contributed by atoms with Gasteiger partial charge >= 0.3 is 0 Å². The fraction of sp³-hybridized carbons (Fsp3) is 0.167. The van der Waals surface area contributed by atoms with Crippen LogP contribution in [0, 0.1) is 11.6 Å². The summed E-state index contributed by atoms with van der Waals surface area (Å²) >= 11 is 0. The van der Waals surface area contributed by atoms with E-state index in [1.165, 1.54) is 41.2 Å². The number of aryl methyl sites for hydroxylation is 1. The van der Waals surface area contributed by atoms with Crippen LogP contribution in [0.2, 0.25) is 0 Å². The Labute approximate surface area is 141 Å². The zero-order valence-corrected chi connectivity index (χ0v) is 13.4. The summed E-state index contributed by atoms with van der Waals surface area (Å²) < 4.78 is 30.1. The van der Waals surface area contributed by atoms with Crippen LogP contribution in [0.1, 0.15) is 12.7 Å². The van der Waals surface area contributed by atoms with Crippen LogP contribution in [-0.2, 0) is 13.1 Å². The molecule has 25 heavy (non-hydrogen) atoms. The molecule has 0 aliphatic heterocycles. The highest BCUT2D eigenvalue weighted by Crippen LogP contribution is 2.18. The molecule has 0 aliphatic rings. The number of nitrogens with zero attached hydrogens (tertiary/aromatic N) is 4. The van der Waals surface area contributed by atoms with Gasteiger partial charge in [-0.1, -0.05) is 0 Å². The molecular formula is C18H14F2N4O. The second-order valence-corrected chi connectivity index (χ2v) is 5.74. The highest BCUT2D eigenvalue weighted by atomic mass is 19.1. The highest BCUT2D eigenvalue weighted by Gasteiger charge is 2.13. The molecule has 4 rings (SSSR count). The van der Waals surface area contributed by atoms with Gasteiger partial charge in [0.15, 0.2) is 0 Å². The van der Waals surface area contributed by atoms with Crippen LogP contribution in [0.4, 0.5) is 8.78 Å². The fourth-order valence-electron chi connectivity index (χ4n) is 3.02. The minimum absolute atomic E-state index is 0.198. The lowest BCUT2D eigenvalue weighted by Crippen LogP contribution is -2.23. The third-order valence-electron chi connectivity index (χ3n) is 4.20. The maximum atomic E-state index is 13.4. The zero-order valence-electron chi connectivity index (χ0n) is 13.4. The van der Waals surface area contributed by atoms with Crippen LogP contribution in [0.3, 0.4) is 0 Å². The molecule has 7 heteroatoms. The van der Waals surface area contributed by atoms with Crippen molar-refractivity contribution in [2.45, 2.75) is 20.0 Å². The summed E-state index contributed by atoms with van der Waals surface area (Å²) in [6.45, 7) is 2.79. The molecule has 0 aliphatic carbocycles. The molecule has 0 saturated heterocycles. The average molecular weight is 340 g/mol. The molecule has 2 aromatic carbocycles. The monoisotopic (exact) mass is 340 g/mol. The van der Waals surface area contributed by atoms with Crippen molar-refractivity contribution in [1.29, 1.82) is 0 Å². The van der Waals surface area contributed by atoms with E-state index in [9.17, 15) is 13.6 Å². The molecule has 0 unspecified atom stereocenters. The van der Waals surface area contributed by atoms with Crippen LogP contribution in [-0.4, -0.2) is 19.1 Å². The maximum Gasteiger partial charge on any atom is 0.261 e. The molecule has 126 valence electrons. The van der Waals surface area contributed by atoms with Crippen molar-refractivity contribution < 1.29 is 8.78 Å². The zero-order chi connectivity index (χ0) is 17.6. The van der Waals surface area contributed by atoms with Gasteiger partial charge in [0.05, 0.1) is 34.8 Å². The van der Waals surface area contributed by atoms with E-state index in [0.717, 1.165) is 5.52 Å². The summed E-state index contributed by atoms with van der Waals surface area (Å²) in [5, 5.41) is 0.342. The minimum Gasteiger partial charge on any atom is -0.327 e. The van der Waals surface area contributed by atoms with Gasteiger partial charge in [-0.2, -0.15) is 0 Å². The van der Waals surface area contributed by atoms with Gasteiger partial charge < -0.3 is 4.57 Å². The van der Waals surface area contributed by atoms with Gasteiger partial charge in [0.1, 0.15) is 17.5 Å². The van der Waals surface area contributed by atoms with Gasteiger partial charge in [0.2, 0.25) is 0 Å². The Hall–Kier alpha value is -3.09. The van der Waals surface area contributed by atoms with Gasteiger partial charge in [0, 0.05) is 18.7 Å². The lowest BCUT2D eigenvalue weighted by molar-refractivity contribution is 0.627. The molecule has 0 bridgehead atoms. The van der Waals surface area contributed by atoms with Gasteiger partial charge in [0.25, 0.3) is 5.56 Å². The van der Waals surface area contributed by atoms with Crippen molar-refractivity contribution in [3.8, 4) is 0 Å². The second-order valence-electron chi connectivity index (χ2n) is 5.74. The van der Waals surface area contributed by atoms with E-state index in [1.807, 2.05) is 11.5 Å². The maximum absolute atomic E-state index is 13.4. The first-order chi connectivity index (χ1) is 12.1. The normalized spacial score (nSPS) is 11.5. The van der Waals surface area contributed by atoms with E-state index in [-0.39, 0.29) is 17.9 Å². The molecule has 0 N–H and O–H groups in total. The van der Waals surface area contributed by atoms with Crippen molar-refractivity contribution in [3.63, 3.8) is 0 Å². The van der Waals surface area contributed by atoms with Crippen LogP contribution in [0.5, 0.6) is 0 Å². The van der Waals surface area contributed by atoms with E-state index >= 15 is 0 Å². The van der Waals surface area contributed by atoms with Crippen LogP contribution < -0.4 is 5.56 Å². The van der Waals surface area contributed by atoms with E-state index in [0.29, 0.717) is 28.8 Å². The number of rotatable bonds is 3. The van der Waals surface area contributed by atoms with Crippen molar-refractivity contribution in [3.05, 3.63) is 70.5 Å². The lowest BCUT2D eigenvalue weighted by Gasteiger charge is -2.09. The quantitative estimate of drug-likeness (QED) is 0.576. The van der Waals surface area contributed by atoms with Gasteiger partial charge in [-0.05, 0) is 31.2 Å². The van der Waals surface area contributed by atoms with Crippen LogP contribution in [0.15, 0.2) is 47.5 Å². The number of hydrogen-bond donors (Lipinski definition) is 0. The van der Waals surface area contributed by atoms with E-state index in [4.69, 9.17) is 0 Å². The van der Waals surface area contributed by atoms with E-state index in [1.54, 1.807) is 6.07 Å². The highest BCUT2D eigenvalue weighted by molar-refractivity contribution is 5.77. The summed E-state index contributed by atoms with van der Waals surface area (Å²) in [4.78, 5) is 21.2. The Bertz CT molecular complexity index is 1160. The van der Waals surface area contributed by atoms with E-state index < -0.39 is 5.82 Å². The summed E-state index contributed by atoms with van der Waals surface area (Å²) in [5.41, 5.74) is 1.39. The Morgan fingerprint density at radius 3 is 2.52 bits per heavy atom. The third kappa shape index (κ3) is 2.57. The average Bonchev–Trinajstić information content (AvgIpc) is 2.93. The molecule has 5 nitrogen and oxygen atoms in total. The summed E-state index contributed by atoms with van der Waals surface area (Å²) in [6.07, 6.45) is 1.38. The van der Waals surface area contributed by atoms with Gasteiger partial charge in [-0.25, -0.2) is 18.7 Å². The summed E-state index contributed by atoms with van der Waals surface area (Å²) in [7, 11) is 0. The molecule has 2 heterocycles. The van der Waals surface area contributed by atoms with Crippen LogP contribution >= 0.6 is 0 Å². The molecule has 4 aromatic rings. The fourth-order valence-corrected chi connectivity index (χ4v) is 3.02. The SMILES string of the molecule is CCn1c(Cn2cnc3cc(F)ccc3c2=O)nc2cc(F)ccc21. The number of hydrogen-bond acceptors (Lipinski definition) is 3. The smallest absolute Gasteiger partial charge is 0.261 e. The number of halogens is 2. The Morgan fingerprint density at radius 2 is 1.76 bits per heavy atom. The Morgan fingerprint density at radius 1 is 1.04 bits per heavy atom. The van der Waals surface area contributed by atoms with Crippen molar-refractivity contribution >= 4 is 21.9 Å². The molecule has 0 radical (unpaired) electrons. The summed E-state index contributed by atoms with van der Waals surface area (Å²) in [5.74, 6) is -0.160. The lowest BCUT2D eigenvalue weighted by atomic mass is 10.2. The van der Waals surface area contributed by atoms with E-state index in [2.05, 4.69) is 9.97 Å². The third-order valence-corrected chi connectivity index (χ3v) is 4.20. The molecule has 0 saturated carbocycles. The molecule has 2 aromatic heterocycles. The first kappa shape index (κ1) is 15.4. The summed E-state index contributed by atoms with van der Waals surface area (Å²) in [6, 6.07) is 8.32. The second kappa shape index (κ2) is 5.77. The minimum atomic E-state index is -0.438. The predicted octanol–water partition coefficient (Wildman–Crippen LogP) is 3.09. The first-order valence-electron chi connectivity index (χ1n) is 7.86. The standard InChI is InChI=1S/C18H14F2N4O/c1-2-24-16-6-4-12(20)8-15(16)22-17(24)9-23-10-21-14-7-11(19)3-5-13(14)18(23)25/h3-8,10H,2,9H2,1H3. The largest absolute Gasteiger partial charge is 0.327 e. The number of fused-ring (bicyclic) bond motifs is 2. The molecule has 0 atom stereocenters. The molecular weight excluding hydrogens is 326 g/mol. The van der Waals surface area contributed by atoms with Crippen molar-refractivity contribution in [1.82, 2.24) is 19.1 Å². The number of benzene rings is 2. The molecule has 0 amide bonds. The number of imidazole rings is 1. The Kier molecular flexibility index (Phi) is 3.56. The van der Waals surface area contributed by atoms with Crippen molar-refractivity contribution in [2.24, 2.45) is 0 Å². The number of aromatic nitrogens is 4. The van der Waals surface area contributed by atoms with Gasteiger partial charge in [-0.15, -0.1) is 0 Å². The predicted molar refractivity (Wildman–Crippen MR) is 90.4 cm³/mol. The van der Waals surface area contributed by atoms with Gasteiger partial charge in [-0.3, -0.25) is 9.36 Å². The molecule has 0 spiro atoms.